The summed E-state index contributed by atoms with van der Waals surface area (Å²) < 4.78 is -0.0625. The van der Waals surface area contributed by atoms with Crippen molar-refractivity contribution < 1.29 is 9.90 Å². The molecule has 0 spiro atoms. The zero-order chi connectivity index (χ0) is 6.57. The predicted molar refractivity (Wildman–Crippen MR) is 38.5 cm³/mol. The quantitative estimate of drug-likeness (QED) is 0.469. The molecule has 2 nitrogen and oxygen atoms in total. The first-order valence-electron chi connectivity index (χ1n) is 2.09. The summed E-state index contributed by atoms with van der Waals surface area (Å²) in [6, 6.07) is 0. The number of carbonyl (C=O) groups is 1. The summed E-state index contributed by atoms with van der Waals surface area (Å²) in [6.45, 7) is 0. The fraction of sp³-hybridized carbons (Fsp3) is 0.750. The van der Waals surface area contributed by atoms with Crippen LogP contribution in [0.4, 0.5) is 0 Å². The van der Waals surface area contributed by atoms with Gasteiger partial charge in [-0.15, -0.1) is 0 Å². The highest BCUT2D eigenvalue weighted by Crippen LogP contribution is 2.13. The molecule has 0 aromatic heterocycles. The minimum atomic E-state index is -0.792. The van der Waals surface area contributed by atoms with Crippen molar-refractivity contribution in [2.24, 2.45) is 0 Å². The summed E-state index contributed by atoms with van der Waals surface area (Å²) in [4.78, 5) is 9.91. The zero-order valence-corrected chi connectivity index (χ0v) is 6.21. The summed E-state index contributed by atoms with van der Waals surface area (Å²) in [5.74, 6) is -0.792. The third-order valence-electron chi connectivity index (χ3n) is 0.621. The fourth-order valence-electron chi connectivity index (χ4n) is 0.233. The van der Waals surface area contributed by atoms with Crippen LogP contribution >= 0.6 is 24.4 Å². The van der Waals surface area contributed by atoms with Crippen LogP contribution in [0.25, 0.3) is 0 Å². The average molecular weight is 152 g/mol. The van der Waals surface area contributed by atoms with Crippen molar-refractivity contribution in [2.75, 3.05) is 6.26 Å². The highest BCUT2D eigenvalue weighted by Gasteiger charge is 2.04. The minimum absolute atomic E-state index is 0.0625. The van der Waals surface area contributed by atoms with E-state index in [2.05, 4.69) is 12.6 Å². The molecule has 0 aromatic carbocycles. The van der Waals surface area contributed by atoms with Gasteiger partial charge in [0.25, 0.3) is 0 Å². The van der Waals surface area contributed by atoms with Gasteiger partial charge in [-0.05, 0) is 6.26 Å². The topological polar surface area (TPSA) is 37.3 Å². The van der Waals surface area contributed by atoms with Gasteiger partial charge in [-0.3, -0.25) is 4.79 Å². The smallest absolute Gasteiger partial charge is 0.305 e. The normalized spacial score (nSPS) is 13.2. The van der Waals surface area contributed by atoms with Gasteiger partial charge in [-0.2, -0.15) is 24.4 Å². The van der Waals surface area contributed by atoms with Crippen LogP contribution in [0.15, 0.2) is 0 Å². The monoisotopic (exact) mass is 152 g/mol. The molecule has 0 saturated heterocycles. The molecular formula is C4H8O2S2. The van der Waals surface area contributed by atoms with Crippen molar-refractivity contribution in [3.63, 3.8) is 0 Å². The second-order valence-electron chi connectivity index (χ2n) is 1.29. The average Bonchev–Trinajstić information content (AvgIpc) is 1.65. The predicted octanol–water partition coefficient (Wildman–Crippen LogP) is 1.08. The second kappa shape index (κ2) is 4.09. The van der Waals surface area contributed by atoms with Crippen LogP contribution in [0.3, 0.4) is 0 Å². The summed E-state index contributed by atoms with van der Waals surface area (Å²) >= 11 is 5.39. The van der Waals surface area contributed by atoms with Crippen molar-refractivity contribution in [1.82, 2.24) is 0 Å². The van der Waals surface area contributed by atoms with E-state index < -0.39 is 5.97 Å². The van der Waals surface area contributed by atoms with Gasteiger partial charge in [0.2, 0.25) is 0 Å². The molecule has 0 radical (unpaired) electrons. The van der Waals surface area contributed by atoms with Crippen molar-refractivity contribution in [1.29, 1.82) is 0 Å². The fourth-order valence-corrected chi connectivity index (χ4v) is 0.698. The summed E-state index contributed by atoms with van der Waals surface area (Å²) in [5.41, 5.74) is 0. The second-order valence-corrected chi connectivity index (χ2v) is 3.30. The number of carboxylic acids is 1. The lowest BCUT2D eigenvalue weighted by molar-refractivity contribution is -0.136. The first-order chi connectivity index (χ1) is 3.66. The van der Waals surface area contributed by atoms with E-state index >= 15 is 0 Å². The Morgan fingerprint density at radius 1 is 2.00 bits per heavy atom. The number of thiol groups is 1. The van der Waals surface area contributed by atoms with Crippen molar-refractivity contribution in [3.05, 3.63) is 0 Å². The first-order valence-corrected chi connectivity index (χ1v) is 3.90. The van der Waals surface area contributed by atoms with Gasteiger partial charge in [0, 0.05) is 0 Å². The molecule has 0 fully saturated rings. The van der Waals surface area contributed by atoms with Crippen LogP contribution in [0.5, 0.6) is 0 Å². The van der Waals surface area contributed by atoms with Crippen LogP contribution in [0.2, 0.25) is 0 Å². The largest absolute Gasteiger partial charge is 0.481 e. The lowest BCUT2D eigenvalue weighted by Gasteiger charge is -1.99. The molecule has 0 heterocycles. The minimum Gasteiger partial charge on any atom is -0.481 e. The van der Waals surface area contributed by atoms with Gasteiger partial charge < -0.3 is 5.11 Å². The van der Waals surface area contributed by atoms with Gasteiger partial charge >= 0.3 is 5.97 Å². The van der Waals surface area contributed by atoms with Gasteiger partial charge in [-0.1, -0.05) is 0 Å². The molecule has 0 aliphatic rings. The molecule has 0 aliphatic heterocycles. The lowest BCUT2D eigenvalue weighted by atomic mass is 10.5. The molecule has 1 unspecified atom stereocenters. The molecule has 0 aromatic rings. The number of thioether (sulfide) groups is 1. The van der Waals surface area contributed by atoms with E-state index in [9.17, 15) is 4.79 Å². The maximum atomic E-state index is 9.91. The molecule has 1 atom stereocenters. The van der Waals surface area contributed by atoms with Gasteiger partial charge in [0.15, 0.2) is 0 Å². The number of hydrogen-bond donors (Lipinski definition) is 2. The Kier molecular flexibility index (Phi) is 4.18. The maximum Gasteiger partial charge on any atom is 0.305 e. The number of aliphatic carboxylic acids is 1. The summed E-state index contributed by atoms with van der Waals surface area (Å²) in [6.07, 6.45) is 1.96. The molecule has 0 bridgehead atoms. The van der Waals surface area contributed by atoms with Crippen LogP contribution in [-0.4, -0.2) is 21.9 Å². The summed E-state index contributed by atoms with van der Waals surface area (Å²) in [5, 5.41) is 8.15. The van der Waals surface area contributed by atoms with Gasteiger partial charge in [-0.25, -0.2) is 0 Å². The Labute approximate surface area is 58.1 Å². The number of rotatable bonds is 3. The lowest BCUT2D eigenvalue weighted by Crippen LogP contribution is -2.02. The molecule has 0 aliphatic carbocycles. The van der Waals surface area contributed by atoms with E-state index in [0.717, 1.165) is 0 Å². The van der Waals surface area contributed by atoms with E-state index in [1.54, 1.807) is 0 Å². The molecule has 0 amide bonds. The van der Waals surface area contributed by atoms with E-state index in [1.807, 2.05) is 6.26 Å². The Balaban J connectivity index is 3.24. The molecule has 0 saturated carbocycles. The van der Waals surface area contributed by atoms with E-state index in [1.165, 1.54) is 11.8 Å². The standard InChI is InChI=1S/C4H8O2S2/c1-8-4(7)2-3(5)6/h4,7H,2H2,1H3,(H,5,6). The van der Waals surface area contributed by atoms with Crippen LogP contribution in [-0.2, 0) is 4.79 Å². The molecule has 0 rings (SSSR count). The maximum absolute atomic E-state index is 9.91. The van der Waals surface area contributed by atoms with Gasteiger partial charge in [0.05, 0.1) is 11.0 Å². The first kappa shape index (κ1) is 8.17. The van der Waals surface area contributed by atoms with E-state index in [4.69, 9.17) is 5.11 Å². The highest BCUT2D eigenvalue weighted by molar-refractivity contribution is 8.09. The SMILES string of the molecule is CSC(S)CC(=O)O. The molecule has 1 N–H and O–H groups in total. The van der Waals surface area contributed by atoms with Crippen LogP contribution in [0, 0.1) is 0 Å². The summed E-state index contributed by atoms with van der Waals surface area (Å²) in [7, 11) is 0. The number of hydrogen-bond acceptors (Lipinski definition) is 3. The molecule has 4 heteroatoms. The van der Waals surface area contributed by atoms with Crippen molar-refractivity contribution in [2.45, 2.75) is 11.0 Å². The molecule has 48 valence electrons. The van der Waals surface area contributed by atoms with Crippen molar-refractivity contribution >= 4 is 30.4 Å². The van der Waals surface area contributed by atoms with Gasteiger partial charge in [0.1, 0.15) is 0 Å². The van der Waals surface area contributed by atoms with Crippen molar-refractivity contribution in [3.8, 4) is 0 Å². The van der Waals surface area contributed by atoms with E-state index in [0.29, 0.717) is 0 Å². The Morgan fingerprint density at radius 2 is 2.50 bits per heavy atom. The third-order valence-corrected chi connectivity index (χ3v) is 2.15. The molecule has 8 heavy (non-hydrogen) atoms. The number of carboxylic acid groups (broad SMARTS) is 1. The highest BCUT2D eigenvalue weighted by atomic mass is 32.2. The molecular weight excluding hydrogens is 144 g/mol. The Bertz CT molecular complexity index is 84.1. The zero-order valence-electron chi connectivity index (χ0n) is 4.50. The third kappa shape index (κ3) is 4.33. The van der Waals surface area contributed by atoms with Crippen LogP contribution in [0.1, 0.15) is 6.42 Å². The Morgan fingerprint density at radius 3 is 2.62 bits per heavy atom. The van der Waals surface area contributed by atoms with Crippen LogP contribution < -0.4 is 0 Å². The van der Waals surface area contributed by atoms with E-state index in [-0.39, 0.29) is 11.0 Å². The Hall–Kier alpha value is 0.170.